The molecule has 2 aromatic rings. The first kappa shape index (κ1) is 20.9. The number of aliphatic hydroxyl groups is 1. The number of para-hydroxylation sites is 1. The third-order valence-electron chi connectivity index (χ3n) is 4.73. The number of nitrogens with zero attached hydrogens (tertiary/aromatic N) is 3. The Balaban J connectivity index is 1.75. The van der Waals surface area contributed by atoms with Gasteiger partial charge in [0.1, 0.15) is 24.7 Å². The number of ether oxygens (including phenoxy) is 1. The number of β-amino-alcohol motifs (C(OH)–C–C–N with tert-alkyl or cyclic N) is 1. The van der Waals surface area contributed by atoms with E-state index in [9.17, 15) is 14.7 Å². The number of aliphatic hydroxyl groups excluding tert-OH is 1. The summed E-state index contributed by atoms with van der Waals surface area (Å²) in [4.78, 5) is 28.6. The lowest BCUT2D eigenvalue weighted by Crippen LogP contribution is -2.41. The molecule has 0 unspecified atom stereocenters. The lowest BCUT2D eigenvalue weighted by molar-refractivity contribution is -0.131. The molecule has 8 nitrogen and oxygen atoms in total. The van der Waals surface area contributed by atoms with Crippen molar-refractivity contribution in [2.75, 3.05) is 26.2 Å². The normalized spacial score (nSPS) is 17.6. The summed E-state index contributed by atoms with van der Waals surface area (Å²) < 4.78 is 11.0. The smallest absolute Gasteiger partial charge is 0.277 e. The van der Waals surface area contributed by atoms with Crippen LogP contribution >= 0.6 is 0 Å². The molecule has 156 valence electrons. The van der Waals surface area contributed by atoms with Crippen molar-refractivity contribution < 1.29 is 24.0 Å². The Morgan fingerprint density at radius 3 is 2.72 bits per heavy atom. The second-order valence-electron chi connectivity index (χ2n) is 7.70. The third-order valence-corrected chi connectivity index (χ3v) is 4.73. The van der Waals surface area contributed by atoms with Gasteiger partial charge in [0.25, 0.3) is 5.91 Å². The van der Waals surface area contributed by atoms with Crippen LogP contribution in [0.4, 0.5) is 0 Å². The number of hydrogen-bond acceptors (Lipinski definition) is 6. The first-order valence-electron chi connectivity index (χ1n) is 9.73. The molecule has 1 N–H and O–H groups in total. The van der Waals surface area contributed by atoms with Crippen LogP contribution in [0.1, 0.15) is 35.7 Å². The van der Waals surface area contributed by atoms with Crippen LogP contribution in [0.5, 0.6) is 5.75 Å². The fraction of sp³-hybridized carbons (Fsp3) is 0.476. The molecule has 1 atom stereocenters. The average molecular weight is 401 g/mol. The number of benzene rings is 1. The average Bonchev–Trinajstić information content (AvgIpc) is 2.98. The van der Waals surface area contributed by atoms with Gasteiger partial charge in [-0.15, -0.1) is 0 Å². The van der Waals surface area contributed by atoms with E-state index in [1.807, 2.05) is 44.2 Å². The number of carbonyl (C=O) groups excluding carboxylic acids is 2. The Hall–Kier alpha value is -2.87. The summed E-state index contributed by atoms with van der Waals surface area (Å²) in [7, 11) is 0. The Labute approximate surface area is 170 Å². The third kappa shape index (κ3) is 5.14. The Morgan fingerprint density at radius 2 is 2.03 bits per heavy atom. The Morgan fingerprint density at radius 1 is 1.31 bits per heavy atom. The van der Waals surface area contributed by atoms with Crippen molar-refractivity contribution in [2.24, 2.45) is 5.92 Å². The van der Waals surface area contributed by atoms with E-state index in [4.69, 9.17) is 9.26 Å². The van der Waals surface area contributed by atoms with Gasteiger partial charge in [0, 0.05) is 19.6 Å². The first-order valence-corrected chi connectivity index (χ1v) is 9.73. The number of carbonyl (C=O) groups is 2. The first-order chi connectivity index (χ1) is 13.8. The summed E-state index contributed by atoms with van der Waals surface area (Å²) in [5.41, 5.74) is 0.639. The fourth-order valence-corrected chi connectivity index (χ4v) is 3.32. The summed E-state index contributed by atoms with van der Waals surface area (Å²) in [6.07, 6.45) is -0.818. The maximum Gasteiger partial charge on any atom is 0.277 e. The highest BCUT2D eigenvalue weighted by atomic mass is 16.5. The van der Waals surface area contributed by atoms with E-state index in [1.54, 1.807) is 11.8 Å². The topological polar surface area (TPSA) is 96.1 Å². The molecule has 0 aliphatic carbocycles. The van der Waals surface area contributed by atoms with Crippen LogP contribution < -0.4 is 4.74 Å². The van der Waals surface area contributed by atoms with Crippen molar-refractivity contribution in [3.05, 3.63) is 47.3 Å². The summed E-state index contributed by atoms with van der Waals surface area (Å²) >= 11 is 0. The standard InChI is InChI=1S/C21H27N3O5/c1-14(2)9-23-10-16(25)11-24(12-19(23)26)21(27)20-18(15(3)29-22-20)13-28-17-7-5-4-6-8-17/h4-8,14,16,25H,9-13H2,1-3H3/t16-/m0/s1. The molecule has 1 fully saturated rings. The minimum absolute atomic E-state index is 0.0596. The van der Waals surface area contributed by atoms with E-state index in [1.165, 1.54) is 4.90 Å². The summed E-state index contributed by atoms with van der Waals surface area (Å²) in [5, 5.41) is 14.2. The van der Waals surface area contributed by atoms with Gasteiger partial charge in [0.15, 0.2) is 5.69 Å². The molecule has 2 heterocycles. The molecule has 29 heavy (non-hydrogen) atoms. The highest BCUT2D eigenvalue weighted by Crippen LogP contribution is 2.20. The van der Waals surface area contributed by atoms with Gasteiger partial charge in [-0.3, -0.25) is 9.59 Å². The van der Waals surface area contributed by atoms with E-state index in [0.717, 1.165) is 0 Å². The monoisotopic (exact) mass is 401 g/mol. The van der Waals surface area contributed by atoms with Crippen LogP contribution in [0.15, 0.2) is 34.9 Å². The van der Waals surface area contributed by atoms with Crippen molar-refractivity contribution in [1.82, 2.24) is 15.0 Å². The van der Waals surface area contributed by atoms with Crippen LogP contribution in [0.3, 0.4) is 0 Å². The number of hydrogen-bond donors (Lipinski definition) is 1. The predicted octanol–water partition coefficient (Wildman–Crippen LogP) is 1.86. The van der Waals surface area contributed by atoms with Crippen LogP contribution in [0, 0.1) is 12.8 Å². The predicted molar refractivity (Wildman–Crippen MR) is 105 cm³/mol. The highest BCUT2D eigenvalue weighted by Gasteiger charge is 2.33. The molecule has 3 rings (SSSR count). The molecule has 0 bridgehead atoms. The summed E-state index contributed by atoms with van der Waals surface area (Å²) in [5.74, 6) is 0.773. The maximum atomic E-state index is 13.1. The van der Waals surface area contributed by atoms with Crippen molar-refractivity contribution in [2.45, 2.75) is 33.5 Å². The molecule has 1 aliphatic rings. The van der Waals surface area contributed by atoms with Gasteiger partial charge in [0.05, 0.1) is 11.7 Å². The van der Waals surface area contributed by atoms with E-state index in [0.29, 0.717) is 23.6 Å². The lowest BCUT2D eigenvalue weighted by atomic mass is 10.2. The summed E-state index contributed by atoms with van der Waals surface area (Å²) in [6, 6.07) is 9.23. The van der Waals surface area contributed by atoms with Crippen LogP contribution in [0.2, 0.25) is 0 Å². The van der Waals surface area contributed by atoms with E-state index < -0.39 is 12.0 Å². The molecule has 1 aliphatic heterocycles. The highest BCUT2D eigenvalue weighted by molar-refractivity contribution is 5.96. The molecule has 1 aromatic heterocycles. The van der Waals surface area contributed by atoms with Crippen LogP contribution in [0.25, 0.3) is 0 Å². The SMILES string of the molecule is Cc1onc(C(=O)N2CC(=O)N(CC(C)C)C[C@H](O)C2)c1COc1ccccc1. The van der Waals surface area contributed by atoms with Crippen molar-refractivity contribution in [1.29, 1.82) is 0 Å². The zero-order valence-electron chi connectivity index (χ0n) is 17.0. The second-order valence-corrected chi connectivity index (χ2v) is 7.70. The number of aryl methyl sites for hydroxylation is 1. The van der Waals surface area contributed by atoms with Gasteiger partial charge in [-0.2, -0.15) is 0 Å². The van der Waals surface area contributed by atoms with Crippen molar-refractivity contribution >= 4 is 11.8 Å². The van der Waals surface area contributed by atoms with E-state index >= 15 is 0 Å². The zero-order chi connectivity index (χ0) is 21.0. The zero-order valence-corrected chi connectivity index (χ0v) is 17.0. The Bertz CT molecular complexity index is 849. The summed E-state index contributed by atoms with van der Waals surface area (Å²) in [6.45, 7) is 6.54. The van der Waals surface area contributed by atoms with Crippen molar-refractivity contribution in [3.63, 3.8) is 0 Å². The molecule has 0 saturated carbocycles. The van der Waals surface area contributed by atoms with E-state index in [-0.39, 0.29) is 43.8 Å². The molecular formula is C21H27N3O5. The van der Waals surface area contributed by atoms with Gasteiger partial charge < -0.3 is 24.2 Å². The molecule has 0 spiro atoms. The van der Waals surface area contributed by atoms with Gasteiger partial charge in [-0.25, -0.2) is 0 Å². The molecule has 0 radical (unpaired) electrons. The Kier molecular flexibility index (Phi) is 6.53. The lowest BCUT2D eigenvalue weighted by Gasteiger charge is -2.23. The number of aromatic nitrogens is 1. The van der Waals surface area contributed by atoms with Crippen LogP contribution in [-0.2, 0) is 11.4 Å². The molecular weight excluding hydrogens is 374 g/mol. The molecule has 1 aromatic carbocycles. The maximum absolute atomic E-state index is 13.1. The molecule has 2 amide bonds. The molecule has 1 saturated heterocycles. The minimum Gasteiger partial charge on any atom is -0.489 e. The minimum atomic E-state index is -0.818. The van der Waals surface area contributed by atoms with Gasteiger partial charge in [-0.05, 0) is 25.0 Å². The molecule has 8 heteroatoms. The second kappa shape index (κ2) is 9.09. The fourth-order valence-electron chi connectivity index (χ4n) is 3.32. The van der Waals surface area contributed by atoms with Crippen LogP contribution in [-0.4, -0.2) is 64.2 Å². The van der Waals surface area contributed by atoms with Gasteiger partial charge >= 0.3 is 0 Å². The van der Waals surface area contributed by atoms with Gasteiger partial charge in [-0.1, -0.05) is 37.2 Å². The quantitative estimate of drug-likeness (QED) is 0.794. The number of amides is 2. The number of rotatable bonds is 6. The largest absolute Gasteiger partial charge is 0.489 e. The van der Waals surface area contributed by atoms with E-state index in [2.05, 4.69) is 5.16 Å². The van der Waals surface area contributed by atoms with Crippen molar-refractivity contribution in [3.8, 4) is 5.75 Å². The van der Waals surface area contributed by atoms with Gasteiger partial charge in [0.2, 0.25) is 5.91 Å².